The third kappa shape index (κ3) is 5.16. The van der Waals surface area contributed by atoms with Crippen LogP contribution in [0.3, 0.4) is 0 Å². The molecule has 1 aromatic heterocycles. The summed E-state index contributed by atoms with van der Waals surface area (Å²) in [6, 6.07) is 7.12. The molecular weight excluding hydrogens is 430 g/mol. The Morgan fingerprint density at radius 3 is 2.34 bits per heavy atom. The molecule has 0 unspecified atom stereocenters. The van der Waals surface area contributed by atoms with Gasteiger partial charge in [0.05, 0.1) is 12.1 Å². The van der Waals surface area contributed by atoms with Crippen molar-refractivity contribution in [1.29, 1.82) is 0 Å². The molecular formula is C22H30ClN7O2. The van der Waals surface area contributed by atoms with E-state index in [0.29, 0.717) is 42.6 Å². The number of carbonyl (C=O) groups is 1. The molecule has 1 aromatic carbocycles. The maximum Gasteiger partial charge on any atom is 0.321 e. The Balaban J connectivity index is 1.36. The summed E-state index contributed by atoms with van der Waals surface area (Å²) in [5.74, 6) is 2.30. The van der Waals surface area contributed by atoms with Crippen molar-refractivity contribution in [2.45, 2.75) is 6.92 Å². The Morgan fingerprint density at radius 2 is 1.69 bits per heavy atom. The van der Waals surface area contributed by atoms with Gasteiger partial charge in [-0.05, 0) is 32.2 Å². The zero-order valence-electron chi connectivity index (χ0n) is 18.8. The normalized spacial score (nSPS) is 17.4. The van der Waals surface area contributed by atoms with Gasteiger partial charge in [0, 0.05) is 69.8 Å². The van der Waals surface area contributed by atoms with Crippen molar-refractivity contribution in [3.8, 4) is 5.75 Å². The number of nitrogens with zero attached hydrogens (tertiary/aromatic N) is 6. The van der Waals surface area contributed by atoms with Crippen LogP contribution in [0.25, 0.3) is 0 Å². The predicted molar refractivity (Wildman–Crippen MR) is 127 cm³/mol. The summed E-state index contributed by atoms with van der Waals surface area (Å²) < 4.78 is 5.16. The minimum atomic E-state index is -0.144. The lowest BCUT2D eigenvalue weighted by Gasteiger charge is -2.36. The van der Waals surface area contributed by atoms with Crippen LogP contribution in [0.1, 0.15) is 5.69 Å². The number of piperazine rings is 2. The molecule has 10 heteroatoms. The molecule has 0 aliphatic carbocycles. The second-order valence-corrected chi connectivity index (χ2v) is 8.62. The highest BCUT2D eigenvalue weighted by Crippen LogP contribution is 2.27. The summed E-state index contributed by atoms with van der Waals surface area (Å²) in [7, 11) is 3.71. The fraction of sp³-hybridized carbons (Fsp3) is 0.500. The number of methoxy groups -OCH3 is 1. The highest BCUT2D eigenvalue weighted by molar-refractivity contribution is 6.32. The van der Waals surface area contributed by atoms with E-state index in [2.05, 4.69) is 38.1 Å². The fourth-order valence-electron chi connectivity index (χ4n) is 3.93. The number of rotatable bonds is 4. The number of anilines is 3. The van der Waals surface area contributed by atoms with Crippen molar-refractivity contribution in [3.05, 3.63) is 35.0 Å². The molecule has 9 nitrogen and oxygen atoms in total. The molecule has 2 fully saturated rings. The Kier molecular flexibility index (Phi) is 6.86. The number of hydrogen-bond acceptors (Lipinski definition) is 7. The highest BCUT2D eigenvalue weighted by atomic mass is 35.5. The minimum absolute atomic E-state index is 0.144. The first-order valence-corrected chi connectivity index (χ1v) is 11.2. The maximum absolute atomic E-state index is 12.7. The summed E-state index contributed by atoms with van der Waals surface area (Å²) in [4.78, 5) is 30.8. The molecule has 172 valence electrons. The third-order valence-corrected chi connectivity index (χ3v) is 6.20. The van der Waals surface area contributed by atoms with Gasteiger partial charge in [-0.1, -0.05) is 11.6 Å². The smallest absolute Gasteiger partial charge is 0.321 e. The van der Waals surface area contributed by atoms with E-state index < -0.39 is 0 Å². The standard InChI is InChI=1S/C22H30ClN7O2/c1-16-14-20(28-8-6-27(2)7-9-28)26-21(24-16)29-10-12-30(13-11-29)22(31)25-17-4-5-19(32-3)18(23)15-17/h4-5,14-15H,6-13H2,1-3H3,(H,25,31). The first-order valence-electron chi connectivity index (χ1n) is 10.9. The van der Waals surface area contributed by atoms with Crippen LogP contribution in [-0.2, 0) is 0 Å². The number of carbonyl (C=O) groups excluding carboxylic acids is 1. The van der Waals surface area contributed by atoms with Crippen LogP contribution in [0, 0.1) is 6.92 Å². The molecule has 2 aromatic rings. The Bertz CT molecular complexity index is 957. The lowest BCUT2D eigenvalue weighted by molar-refractivity contribution is 0.208. The molecule has 32 heavy (non-hydrogen) atoms. The van der Waals surface area contributed by atoms with Gasteiger partial charge in [-0.15, -0.1) is 0 Å². The first kappa shape index (κ1) is 22.4. The lowest BCUT2D eigenvalue weighted by atomic mass is 10.3. The summed E-state index contributed by atoms with van der Waals surface area (Å²) in [5.41, 5.74) is 1.60. The van der Waals surface area contributed by atoms with Crippen molar-refractivity contribution in [3.63, 3.8) is 0 Å². The molecule has 3 heterocycles. The van der Waals surface area contributed by atoms with Crippen molar-refractivity contribution in [1.82, 2.24) is 19.8 Å². The number of urea groups is 1. The van der Waals surface area contributed by atoms with E-state index in [4.69, 9.17) is 21.3 Å². The second-order valence-electron chi connectivity index (χ2n) is 8.21. The van der Waals surface area contributed by atoms with Gasteiger partial charge in [0.25, 0.3) is 0 Å². The van der Waals surface area contributed by atoms with Crippen molar-refractivity contribution in [2.24, 2.45) is 0 Å². The van der Waals surface area contributed by atoms with E-state index in [1.54, 1.807) is 30.2 Å². The van der Waals surface area contributed by atoms with E-state index in [1.165, 1.54) is 0 Å². The zero-order chi connectivity index (χ0) is 22.7. The summed E-state index contributed by atoms with van der Waals surface area (Å²) in [6.45, 7) is 8.57. The monoisotopic (exact) mass is 459 g/mol. The van der Waals surface area contributed by atoms with Crippen LogP contribution in [0.2, 0.25) is 5.02 Å². The van der Waals surface area contributed by atoms with E-state index in [1.807, 2.05) is 6.92 Å². The summed E-state index contributed by atoms with van der Waals surface area (Å²) >= 11 is 6.16. The average molecular weight is 460 g/mol. The molecule has 0 radical (unpaired) electrons. The highest BCUT2D eigenvalue weighted by Gasteiger charge is 2.24. The molecule has 4 rings (SSSR count). The van der Waals surface area contributed by atoms with E-state index >= 15 is 0 Å². The van der Waals surface area contributed by atoms with Gasteiger partial charge in [-0.2, -0.15) is 4.98 Å². The largest absolute Gasteiger partial charge is 0.495 e. The number of likely N-dealkylation sites (N-methyl/N-ethyl adjacent to an activating group) is 1. The second kappa shape index (κ2) is 9.79. The van der Waals surface area contributed by atoms with Gasteiger partial charge in [0.2, 0.25) is 5.95 Å². The molecule has 0 saturated carbocycles. The molecule has 0 atom stereocenters. The molecule has 2 saturated heterocycles. The quantitative estimate of drug-likeness (QED) is 0.752. The molecule has 0 bridgehead atoms. The number of halogens is 1. The van der Waals surface area contributed by atoms with E-state index in [-0.39, 0.29) is 6.03 Å². The zero-order valence-corrected chi connectivity index (χ0v) is 19.6. The van der Waals surface area contributed by atoms with Crippen LogP contribution < -0.4 is 19.9 Å². The van der Waals surface area contributed by atoms with Gasteiger partial charge < -0.3 is 29.7 Å². The van der Waals surface area contributed by atoms with Crippen molar-refractivity contribution < 1.29 is 9.53 Å². The minimum Gasteiger partial charge on any atom is -0.495 e. The number of benzene rings is 1. The molecule has 2 aliphatic heterocycles. The fourth-order valence-corrected chi connectivity index (χ4v) is 4.19. The Labute approximate surface area is 193 Å². The van der Waals surface area contributed by atoms with Gasteiger partial charge in [0.1, 0.15) is 11.6 Å². The number of amides is 2. The summed E-state index contributed by atoms with van der Waals surface area (Å²) in [5, 5.41) is 3.37. The first-order chi connectivity index (χ1) is 15.4. The third-order valence-electron chi connectivity index (χ3n) is 5.91. The topological polar surface area (TPSA) is 77.1 Å². The average Bonchev–Trinajstić information content (AvgIpc) is 2.79. The van der Waals surface area contributed by atoms with Gasteiger partial charge in [-0.25, -0.2) is 9.78 Å². The lowest BCUT2D eigenvalue weighted by Crippen LogP contribution is -2.50. The number of hydrogen-bond donors (Lipinski definition) is 1. The summed E-state index contributed by atoms with van der Waals surface area (Å²) in [6.07, 6.45) is 0. The van der Waals surface area contributed by atoms with Crippen molar-refractivity contribution >= 4 is 35.1 Å². The molecule has 2 aliphatic rings. The number of aryl methyl sites for hydroxylation is 1. The van der Waals surface area contributed by atoms with Gasteiger partial charge in [0.15, 0.2) is 0 Å². The van der Waals surface area contributed by atoms with Crippen LogP contribution in [0.15, 0.2) is 24.3 Å². The van der Waals surface area contributed by atoms with Crippen LogP contribution in [0.5, 0.6) is 5.75 Å². The van der Waals surface area contributed by atoms with Crippen LogP contribution in [-0.4, -0.2) is 92.3 Å². The van der Waals surface area contributed by atoms with Gasteiger partial charge in [-0.3, -0.25) is 0 Å². The Hall–Kier alpha value is -2.78. The number of aromatic nitrogens is 2. The molecule has 0 spiro atoms. The van der Waals surface area contributed by atoms with Crippen LogP contribution in [0.4, 0.5) is 22.2 Å². The maximum atomic E-state index is 12.7. The van der Waals surface area contributed by atoms with Crippen molar-refractivity contribution in [2.75, 3.05) is 81.6 Å². The number of ether oxygens (including phenoxy) is 1. The Morgan fingerprint density at radius 1 is 1.00 bits per heavy atom. The molecule has 1 N–H and O–H groups in total. The SMILES string of the molecule is COc1ccc(NC(=O)N2CCN(c3nc(C)cc(N4CCN(C)CC4)n3)CC2)cc1Cl. The van der Waals surface area contributed by atoms with Gasteiger partial charge >= 0.3 is 6.03 Å². The van der Waals surface area contributed by atoms with E-state index in [9.17, 15) is 4.79 Å². The predicted octanol–water partition coefficient (Wildman–Crippen LogP) is 2.55. The van der Waals surface area contributed by atoms with E-state index in [0.717, 1.165) is 43.6 Å². The van der Waals surface area contributed by atoms with Crippen LogP contribution >= 0.6 is 11.6 Å². The number of nitrogens with one attached hydrogen (secondary N) is 1. The molecule has 2 amide bonds.